The molecule has 0 fully saturated rings. The van der Waals surface area contributed by atoms with Crippen LogP contribution in [0.1, 0.15) is 17.2 Å². The summed E-state index contributed by atoms with van der Waals surface area (Å²) in [6.45, 7) is 0.167. The molecular weight excluding hydrogens is 370 g/mol. The standard InChI is InChI=1S/C19H16ClN3O4/c20-12-17(15-4-2-1-3-5-15)22-19(24)11-10-18(21-22)27-13-14-6-8-16(9-7-14)23(25)26/h1-11,17H,12-13H2. The lowest BCUT2D eigenvalue weighted by atomic mass is 10.1. The maximum atomic E-state index is 12.2. The predicted molar refractivity (Wildman–Crippen MR) is 101 cm³/mol. The lowest BCUT2D eigenvalue weighted by Crippen LogP contribution is -2.28. The lowest BCUT2D eigenvalue weighted by Gasteiger charge is -2.17. The van der Waals surface area contributed by atoms with Crippen LogP contribution < -0.4 is 10.3 Å². The Balaban J connectivity index is 1.78. The summed E-state index contributed by atoms with van der Waals surface area (Å²) in [5, 5.41) is 15.0. The molecule has 0 N–H and O–H groups in total. The number of halogens is 1. The van der Waals surface area contributed by atoms with Gasteiger partial charge in [0.15, 0.2) is 0 Å². The molecule has 0 saturated carbocycles. The van der Waals surface area contributed by atoms with Crippen molar-refractivity contribution in [3.05, 3.63) is 98.3 Å². The molecule has 0 amide bonds. The van der Waals surface area contributed by atoms with Crippen LogP contribution in [0.15, 0.2) is 71.5 Å². The van der Waals surface area contributed by atoms with E-state index in [0.717, 1.165) is 11.1 Å². The van der Waals surface area contributed by atoms with Crippen molar-refractivity contribution in [3.8, 4) is 5.88 Å². The molecule has 3 rings (SSSR count). The van der Waals surface area contributed by atoms with Crippen LogP contribution in [0.2, 0.25) is 0 Å². The summed E-state index contributed by atoms with van der Waals surface area (Å²) >= 11 is 6.08. The van der Waals surface area contributed by atoms with Crippen molar-refractivity contribution in [3.63, 3.8) is 0 Å². The van der Waals surface area contributed by atoms with Crippen molar-refractivity contribution in [2.24, 2.45) is 0 Å². The fourth-order valence-corrected chi connectivity index (χ4v) is 2.86. The molecule has 0 radical (unpaired) electrons. The molecule has 1 atom stereocenters. The maximum absolute atomic E-state index is 12.2. The zero-order chi connectivity index (χ0) is 19.2. The van der Waals surface area contributed by atoms with Crippen LogP contribution in [-0.4, -0.2) is 20.6 Å². The van der Waals surface area contributed by atoms with Crippen molar-refractivity contribution >= 4 is 17.3 Å². The van der Waals surface area contributed by atoms with Crippen LogP contribution >= 0.6 is 11.6 Å². The Morgan fingerprint density at radius 1 is 1.07 bits per heavy atom. The van der Waals surface area contributed by atoms with Gasteiger partial charge in [-0.25, -0.2) is 4.68 Å². The van der Waals surface area contributed by atoms with Crippen LogP contribution in [0.4, 0.5) is 5.69 Å². The van der Waals surface area contributed by atoms with E-state index in [1.807, 2.05) is 30.3 Å². The quantitative estimate of drug-likeness (QED) is 0.352. The average Bonchev–Trinajstić information content (AvgIpc) is 2.70. The van der Waals surface area contributed by atoms with Gasteiger partial charge in [-0.2, -0.15) is 0 Å². The highest BCUT2D eigenvalue weighted by Gasteiger charge is 2.16. The van der Waals surface area contributed by atoms with Crippen LogP contribution in [-0.2, 0) is 6.61 Å². The average molecular weight is 386 g/mol. The van der Waals surface area contributed by atoms with Gasteiger partial charge in [-0.05, 0) is 23.3 Å². The van der Waals surface area contributed by atoms with E-state index in [4.69, 9.17) is 16.3 Å². The number of rotatable bonds is 7. The highest BCUT2D eigenvalue weighted by molar-refractivity contribution is 6.18. The number of nitro benzene ring substituents is 1. The molecule has 0 aliphatic carbocycles. The van der Waals surface area contributed by atoms with E-state index in [2.05, 4.69) is 5.10 Å². The summed E-state index contributed by atoms with van der Waals surface area (Å²) in [5.74, 6) is 0.446. The number of benzene rings is 2. The van der Waals surface area contributed by atoms with E-state index in [9.17, 15) is 14.9 Å². The van der Waals surface area contributed by atoms with Gasteiger partial charge in [-0.3, -0.25) is 14.9 Å². The Morgan fingerprint density at radius 2 is 1.78 bits per heavy atom. The Morgan fingerprint density at radius 3 is 2.41 bits per heavy atom. The first-order valence-corrected chi connectivity index (χ1v) is 8.69. The number of alkyl halides is 1. The number of hydrogen-bond acceptors (Lipinski definition) is 5. The summed E-state index contributed by atoms with van der Waals surface area (Å²) in [4.78, 5) is 22.5. The lowest BCUT2D eigenvalue weighted by molar-refractivity contribution is -0.384. The molecule has 0 aliphatic rings. The van der Waals surface area contributed by atoms with Gasteiger partial charge < -0.3 is 4.74 Å². The predicted octanol–water partition coefficient (Wildman–Crippen LogP) is 3.56. The van der Waals surface area contributed by atoms with Crippen LogP contribution in [0.5, 0.6) is 5.88 Å². The monoisotopic (exact) mass is 385 g/mol. The fraction of sp³-hybridized carbons (Fsp3) is 0.158. The molecule has 138 valence electrons. The number of nitro groups is 1. The number of aromatic nitrogens is 2. The first-order chi connectivity index (χ1) is 13.1. The smallest absolute Gasteiger partial charge is 0.269 e. The molecule has 1 heterocycles. The third-order valence-electron chi connectivity index (χ3n) is 3.96. The molecule has 1 aromatic heterocycles. The van der Waals surface area contributed by atoms with E-state index in [1.54, 1.807) is 12.1 Å². The zero-order valence-electron chi connectivity index (χ0n) is 14.2. The van der Waals surface area contributed by atoms with Gasteiger partial charge in [0.25, 0.3) is 11.2 Å². The van der Waals surface area contributed by atoms with Crippen LogP contribution in [0.3, 0.4) is 0 Å². The van der Waals surface area contributed by atoms with Gasteiger partial charge in [0.05, 0.1) is 11.0 Å². The largest absolute Gasteiger partial charge is 0.472 e. The van der Waals surface area contributed by atoms with Crippen molar-refractivity contribution in [1.29, 1.82) is 0 Å². The van der Waals surface area contributed by atoms with Crippen molar-refractivity contribution in [2.75, 3.05) is 5.88 Å². The second-order valence-electron chi connectivity index (χ2n) is 5.75. The summed E-state index contributed by atoms with van der Waals surface area (Å²) in [6.07, 6.45) is 0. The molecule has 0 aliphatic heterocycles. The normalized spacial score (nSPS) is 11.7. The molecule has 3 aromatic rings. The van der Waals surface area contributed by atoms with Gasteiger partial charge in [-0.1, -0.05) is 30.3 Å². The minimum absolute atomic E-state index is 0.0123. The fourth-order valence-electron chi connectivity index (χ4n) is 2.55. The third kappa shape index (κ3) is 4.51. The summed E-state index contributed by atoms with van der Waals surface area (Å²) in [5.41, 5.74) is 1.34. The molecule has 0 bridgehead atoms. The number of nitrogens with zero attached hydrogens (tertiary/aromatic N) is 3. The second-order valence-corrected chi connectivity index (χ2v) is 6.06. The Hall–Kier alpha value is -3.19. The third-order valence-corrected chi connectivity index (χ3v) is 4.25. The SMILES string of the molecule is O=c1ccc(OCc2ccc([N+](=O)[O-])cc2)nn1C(CCl)c1ccccc1. The molecule has 8 heteroatoms. The van der Waals surface area contributed by atoms with E-state index in [-0.39, 0.29) is 29.6 Å². The van der Waals surface area contributed by atoms with Crippen molar-refractivity contribution < 1.29 is 9.66 Å². The minimum Gasteiger partial charge on any atom is -0.472 e. The summed E-state index contributed by atoms with van der Waals surface area (Å²) in [6, 6.07) is 17.9. The first kappa shape index (κ1) is 18.6. The van der Waals surface area contributed by atoms with Gasteiger partial charge in [-0.15, -0.1) is 16.7 Å². The highest BCUT2D eigenvalue weighted by Crippen LogP contribution is 2.19. The molecular formula is C19H16ClN3O4. The maximum Gasteiger partial charge on any atom is 0.269 e. The van der Waals surface area contributed by atoms with Gasteiger partial charge >= 0.3 is 0 Å². The number of non-ortho nitro benzene ring substituents is 1. The number of ether oxygens (including phenoxy) is 1. The Kier molecular flexibility index (Phi) is 5.83. The first-order valence-electron chi connectivity index (χ1n) is 8.15. The zero-order valence-corrected chi connectivity index (χ0v) is 15.0. The molecule has 0 spiro atoms. The highest BCUT2D eigenvalue weighted by atomic mass is 35.5. The van der Waals surface area contributed by atoms with E-state index < -0.39 is 11.0 Å². The van der Waals surface area contributed by atoms with Gasteiger partial charge in [0.2, 0.25) is 5.88 Å². The van der Waals surface area contributed by atoms with Crippen molar-refractivity contribution in [1.82, 2.24) is 9.78 Å². The van der Waals surface area contributed by atoms with Gasteiger partial charge in [0.1, 0.15) is 6.61 Å². The van der Waals surface area contributed by atoms with E-state index in [1.165, 1.54) is 28.9 Å². The van der Waals surface area contributed by atoms with E-state index in [0.29, 0.717) is 0 Å². The minimum atomic E-state index is -0.460. The van der Waals surface area contributed by atoms with Crippen molar-refractivity contribution in [2.45, 2.75) is 12.6 Å². The number of hydrogen-bond donors (Lipinski definition) is 0. The molecule has 27 heavy (non-hydrogen) atoms. The molecule has 1 unspecified atom stereocenters. The molecule has 2 aromatic carbocycles. The topological polar surface area (TPSA) is 87.3 Å². The summed E-state index contributed by atoms with van der Waals surface area (Å²) < 4.78 is 6.93. The van der Waals surface area contributed by atoms with E-state index >= 15 is 0 Å². The van der Waals surface area contributed by atoms with Crippen LogP contribution in [0.25, 0.3) is 0 Å². The summed E-state index contributed by atoms with van der Waals surface area (Å²) in [7, 11) is 0. The Bertz CT molecular complexity index is 974. The Labute approximate surface area is 159 Å². The van der Waals surface area contributed by atoms with Crippen LogP contribution in [0, 0.1) is 10.1 Å². The molecule has 0 saturated heterocycles. The van der Waals surface area contributed by atoms with Gasteiger partial charge in [0, 0.05) is 30.1 Å². The second kappa shape index (κ2) is 8.46. The molecule has 7 nitrogen and oxygen atoms in total.